The first kappa shape index (κ1) is 13.6. The number of halogens is 2. The van der Waals surface area contributed by atoms with Gasteiger partial charge in [-0.05, 0) is 32.9 Å². The Kier molecular flexibility index (Phi) is 3.61. The zero-order valence-electron chi connectivity index (χ0n) is 11.1. The summed E-state index contributed by atoms with van der Waals surface area (Å²) < 4.78 is 28.3. The van der Waals surface area contributed by atoms with Crippen LogP contribution in [-0.4, -0.2) is 20.5 Å². The number of hydrogen-bond donors (Lipinski definition) is 1. The third kappa shape index (κ3) is 3.35. The first-order chi connectivity index (χ1) is 8.87. The minimum atomic E-state index is -0.666. The molecule has 2 rings (SSSR count). The van der Waals surface area contributed by atoms with E-state index in [0.29, 0.717) is 12.2 Å². The van der Waals surface area contributed by atoms with Gasteiger partial charge in [0.05, 0.1) is 11.9 Å². The average molecular weight is 266 g/mol. The molecule has 0 saturated carbocycles. The molecule has 0 aliphatic rings. The van der Waals surface area contributed by atoms with Gasteiger partial charge in [-0.25, -0.2) is 13.5 Å². The first-order valence-corrected chi connectivity index (χ1v) is 5.97. The monoisotopic (exact) mass is 266 g/mol. The van der Waals surface area contributed by atoms with Gasteiger partial charge in [0.25, 0.3) is 0 Å². The van der Waals surface area contributed by atoms with Crippen LogP contribution < -0.4 is 5.32 Å². The second kappa shape index (κ2) is 5.05. The predicted molar refractivity (Wildman–Crippen MR) is 67.9 cm³/mol. The van der Waals surface area contributed by atoms with Gasteiger partial charge in [-0.1, -0.05) is 11.3 Å². The molecule has 102 valence electrons. The Balaban J connectivity index is 2.22. The Morgan fingerprint density at radius 1 is 1.21 bits per heavy atom. The molecule has 0 unspecified atom stereocenters. The van der Waals surface area contributed by atoms with Crippen molar-refractivity contribution in [2.75, 3.05) is 0 Å². The molecule has 0 bridgehead atoms. The molecule has 0 radical (unpaired) electrons. The molecule has 0 spiro atoms. The SMILES string of the molecule is CC(C)(C)NCc1cn(-c2c(F)cccc2F)nn1. The van der Waals surface area contributed by atoms with Gasteiger partial charge in [0, 0.05) is 12.1 Å². The fraction of sp³-hybridized carbons (Fsp3) is 0.385. The lowest BCUT2D eigenvalue weighted by atomic mass is 10.1. The molecule has 1 heterocycles. The second-order valence-corrected chi connectivity index (χ2v) is 5.33. The molecule has 6 heteroatoms. The molecule has 0 aliphatic carbocycles. The van der Waals surface area contributed by atoms with E-state index in [1.807, 2.05) is 20.8 Å². The summed E-state index contributed by atoms with van der Waals surface area (Å²) in [5.41, 5.74) is 0.349. The Labute approximate surface area is 110 Å². The lowest BCUT2D eigenvalue weighted by Crippen LogP contribution is -2.35. The maximum Gasteiger partial charge on any atom is 0.151 e. The van der Waals surface area contributed by atoms with Gasteiger partial charge >= 0.3 is 0 Å². The zero-order valence-corrected chi connectivity index (χ0v) is 11.1. The number of aromatic nitrogens is 3. The van der Waals surface area contributed by atoms with E-state index in [1.54, 1.807) is 0 Å². The van der Waals surface area contributed by atoms with Gasteiger partial charge in [0.2, 0.25) is 0 Å². The molecule has 0 aliphatic heterocycles. The van der Waals surface area contributed by atoms with E-state index in [2.05, 4.69) is 15.6 Å². The van der Waals surface area contributed by atoms with Crippen molar-refractivity contribution in [1.82, 2.24) is 20.3 Å². The molecule has 1 aromatic carbocycles. The second-order valence-electron chi connectivity index (χ2n) is 5.33. The summed E-state index contributed by atoms with van der Waals surface area (Å²) in [5, 5.41) is 10.9. The van der Waals surface area contributed by atoms with Gasteiger partial charge < -0.3 is 5.32 Å². The van der Waals surface area contributed by atoms with Gasteiger partial charge in [0.15, 0.2) is 11.6 Å². The van der Waals surface area contributed by atoms with Crippen molar-refractivity contribution < 1.29 is 8.78 Å². The quantitative estimate of drug-likeness (QED) is 0.927. The molecule has 0 saturated heterocycles. The topological polar surface area (TPSA) is 42.7 Å². The number of benzene rings is 1. The van der Waals surface area contributed by atoms with Crippen molar-refractivity contribution in [3.8, 4) is 5.69 Å². The smallest absolute Gasteiger partial charge is 0.151 e. The summed E-state index contributed by atoms with van der Waals surface area (Å²) in [4.78, 5) is 0. The van der Waals surface area contributed by atoms with Crippen molar-refractivity contribution in [2.24, 2.45) is 0 Å². The minimum Gasteiger partial charge on any atom is -0.306 e. The van der Waals surface area contributed by atoms with Crippen LogP contribution in [0.3, 0.4) is 0 Å². The maximum atomic E-state index is 13.6. The van der Waals surface area contributed by atoms with Crippen LogP contribution in [0.1, 0.15) is 26.5 Å². The molecule has 0 amide bonds. The highest BCUT2D eigenvalue weighted by molar-refractivity contribution is 5.34. The number of nitrogens with zero attached hydrogens (tertiary/aromatic N) is 3. The van der Waals surface area contributed by atoms with Gasteiger partial charge in [-0.3, -0.25) is 0 Å². The van der Waals surface area contributed by atoms with Crippen LogP contribution in [0.15, 0.2) is 24.4 Å². The lowest BCUT2D eigenvalue weighted by Gasteiger charge is -2.19. The number of nitrogens with one attached hydrogen (secondary N) is 1. The Morgan fingerprint density at radius 2 is 1.84 bits per heavy atom. The van der Waals surface area contributed by atoms with Crippen LogP contribution in [0.4, 0.5) is 8.78 Å². The van der Waals surface area contributed by atoms with E-state index >= 15 is 0 Å². The zero-order chi connectivity index (χ0) is 14.0. The van der Waals surface area contributed by atoms with Crippen LogP contribution in [-0.2, 0) is 6.54 Å². The first-order valence-electron chi connectivity index (χ1n) is 5.97. The Bertz CT molecular complexity index is 552. The molecule has 4 nitrogen and oxygen atoms in total. The molecular formula is C13H16F2N4. The number of rotatable bonds is 3. The van der Waals surface area contributed by atoms with Crippen LogP contribution in [0, 0.1) is 11.6 Å². The highest BCUT2D eigenvalue weighted by atomic mass is 19.1. The molecule has 0 atom stereocenters. The molecule has 1 aromatic heterocycles. The van der Waals surface area contributed by atoms with Crippen molar-refractivity contribution in [2.45, 2.75) is 32.9 Å². The molecule has 0 fully saturated rings. The molecule has 2 aromatic rings. The number of para-hydroxylation sites is 1. The normalized spacial score (nSPS) is 11.8. The van der Waals surface area contributed by atoms with Gasteiger partial charge in [-0.15, -0.1) is 5.10 Å². The summed E-state index contributed by atoms with van der Waals surface area (Å²) >= 11 is 0. The van der Waals surface area contributed by atoms with E-state index in [4.69, 9.17) is 0 Å². The lowest BCUT2D eigenvalue weighted by molar-refractivity contribution is 0.421. The minimum absolute atomic E-state index is 0.0625. The van der Waals surface area contributed by atoms with Crippen molar-refractivity contribution in [3.63, 3.8) is 0 Å². The van der Waals surface area contributed by atoms with Crippen LogP contribution in [0.25, 0.3) is 5.69 Å². The fourth-order valence-electron chi connectivity index (χ4n) is 1.55. The highest BCUT2D eigenvalue weighted by Crippen LogP contribution is 2.16. The van der Waals surface area contributed by atoms with Crippen molar-refractivity contribution in [1.29, 1.82) is 0 Å². The Morgan fingerprint density at radius 3 is 2.42 bits per heavy atom. The standard InChI is InChI=1S/C13H16F2N4/c1-13(2,3)16-7-9-8-19(18-17-9)12-10(14)5-4-6-11(12)15/h4-6,8,16H,7H2,1-3H3. The highest BCUT2D eigenvalue weighted by Gasteiger charge is 2.14. The summed E-state index contributed by atoms with van der Waals surface area (Å²) in [6.07, 6.45) is 1.51. The molecule has 1 N–H and O–H groups in total. The van der Waals surface area contributed by atoms with Crippen LogP contribution >= 0.6 is 0 Å². The molecule has 19 heavy (non-hydrogen) atoms. The summed E-state index contributed by atoms with van der Waals surface area (Å²) in [6, 6.07) is 3.69. The van der Waals surface area contributed by atoms with Gasteiger partial charge in [0.1, 0.15) is 5.69 Å². The summed E-state index contributed by atoms with van der Waals surface area (Å²) in [5.74, 6) is -1.33. The van der Waals surface area contributed by atoms with Crippen molar-refractivity contribution >= 4 is 0 Å². The van der Waals surface area contributed by atoms with Crippen LogP contribution in [0.5, 0.6) is 0 Å². The predicted octanol–water partition coefficient (Wildman–Crippen LogP) is 2.43. The third-order valence-corrected chi connectivity index (χ3v) is 2.51. The van der Waals surface area contributed by atoms with E-state index in [9.17, 15) is 8.78 Å². The van der Waals surface area contributed by atoms with Crippen molar-refractivity contribution in [3.05, 3.63) is 41.7 Å². The maximum absolute atomic E-state index is 13.6. The van der Waals surface area contributed by atoms with E-state index in [-0.39, 0.29) is 11.2 Å². The third-order valence-electron chi connectivity index (χ3n) is 2.51. The van der Waals surface area contributed by atoms with Crippen LogP contribution in [0.2, 0.25) is 0 Å². The van der Waals surface area contributed by atoms with Gasteiger partial charge in [-0.2, -0.15) is 0 Å². The van der Waals surface area contributed by atoms with E-state index < -0.39 is 11.6 Å². The van der Waals surface area contributed by atoms with E-state index in [1.165, 1.54) is 24.4 Å². The molecular weight excluding hydrogens is 250 g/mol. The summed E-state index contributed by atoms with van der Waals surface area (Å²) in [6.45, 7) is 6.55. The van der Waals surface area contributed by atoms with E-state index in [0.717, 1.165) is 4.68 Å². The average Bonchev–Trinajstić information content (AvgIpc) is 2.74. The summed E-state index contributed by atoms with van der Waals surface area (Å²) in [7, 11) is 0. The fourth-order valence-corrected chi connectivity index (χ4v) is 1.55. The Hall–Kier alpha value is -1.82. The number of hydrogen-bond acceptors (Lipinski definition) is 3. The largest absolute Gasteiger partial charge is 0.306 e.